The molecule has 7 heteroatoms. The minimum absolute atomic E-state index is 0. The van der Waals surface area contributed by atoms with Gasteiger partial charge in [-0.05, 0) is 17.5 Å². The van der Waals surface area contributed by atoms with Crippen LogP contribution >= 0.6 is 23.7 Å². The van der Waals surface area contributed by atoms with Crippen molar-refractivity contribution in [2.24, 2.45) is 0 Å². The van der Waals surface area contributed by atoms with Crippen LogP contribution in [-0.4, -0.2) is 43.7 Å². The van der Waals surface area contributed by atoms with E-state index in [1.165, 1.54) is 4.88 Å². The SMILES string of the molecule is COc1ccccc1CN(Cc1cccs1)C(=O)CC1COCCN1.Cl. The quantitative estimate of drug-likeness (QED) is 0.781. The smallest absolute Gasteiger partial charge is 0.224 e. The van der Waals surface area contributed by atoms with Crippen LogP contribution in [0.3, 0.4) is 0 Å². The number of amides is 1. The second kappa shape index (κ2) is 10.5. The Bertz CT molecular complexity index is 675. The molecule has 0 saturated carbocycles. The highest BCUT2D eigenvalue weighted by Gasteiger charge is 2.22. The second-order valence-corrected chi connectivity index (χ2v) is 7.10. The zero-order chi connectivity index (χ0) is 17.5. The lowest BCUT2D eigenvalue weighted by molar-refractivity contribution is -0.133. The van der Waals surface area contributed by atoms with Gasteiger partial charge < -0.3 is 19.7 Å². The molecule has 5 nitrogen and oxygen atoms in total. The Hall–Kier alpha value is -1.60. The number of para-hydroxylation sites is 1. The van der Waals surface area contributed by atoms with Crippen molar-refractivity contribution in [3.63, 3.8) is 0 Å². The van der Waals surface area contributed by atoms with Crippen LogP contribution in [0.25, 0.3) is 0 Å². The van der Waals surface area contributed by atoms with Crippen molar-refractivity contribution in [3.05, 3.63) is 52.2 Å². The minimum atomic E-state index is 0. The van der Waals surface area contributed by atoms with Crippen molar-refractivity contribution in [2.45, 2.75) is 25.6 Å². The maximum absolute atomic E-state index is 12.9. The number of carbonyl (C=O) groups is 1. The molecule has 0 aliphatic carbocycles. The van der Waals surface area contributed by atoms with Crippen LogP contribution in [0, 0.1) is 0 Å². The maximum Gasteiger partial charge on any atom is 0.224 e. The Morgan fingerprint density at radius 3 is 2.85 bits per heavy atom. The molecule has 3 rings (SSSR count). The van der Waals surface area contributed by atoms with E-state index in [0.717, 1.165) is 17.9 Å². The van der Waals surface area contributed by atoms with Crippen LogP contribution in [0.5, 0.6) is 5.75 Å². The van der Waals surface area contributed by atoms with E-state index in [4.69, 9.17) is 9.47 Å². The van der Waals surface area contributed by atoms with Gasteiger partial charge in [0.15, 0.2) is 0 Å². The van der Waals surface area contributed by atoms with Crippen LogP contribution in [0.4, 0.5) is 0 Å². The Labute approximate surface area is 164 Å². The van der Waals surface area contributed by atoms with E-state index in [2.05, 4.69) is 11.4 Å². The number of benzene rings is 1. The van der Waals surface area contributed by atoms with Crippen molar-refractivity contribution < 1.29 is 14.3 Å². The molecule has 1 saturated heterocycles. The maximum atomic E-state index is 12.9. The van der Waals surface area contributed by atoms with Crippen molar-refractivity contribution in [1.29, 1.82) is 0 Å². The number of carbonyl (C=O) groups excluding carboxylic acids is 1. The summed E-state index contributed by atoms with van der Waals surface area (Å²) in [5.41, 5.74) is 1.02. The summed E-state index contributed by atoms with van der Waals surface area (Å²) in [6, 6.07) is 12.0. The van der Waals surface area contributed by atoms with E-state index in [-0.39, 0.29) is 24.4 Å². The van der Waals surface area contributed by atoms with Crippen LogP contribution in [0.15, 0.2) is 41.8 Å². The first-order valence-electron chi connectivity index (χ1n) is 8.49. The zero-order valence-electron chi connectivity index (χ0n) is 14.8. The van der Waals surface area contributed by atoms with Gasteiger partial charge in [-0.3, -0.25) is 4.79 Å². The highest BCUT2D eigenvalue weighted by molar-refractivity contribution is 7.09. The van der Waals surface area contributed by atoms with E-state index in [0.29, 0.717) is 32.7 Å². The molecular weight excluding hydrogens is 372 g/mol. The minimum Gasteiger partial charge on any atom is -0.496 e. The molecule has 1 aliphatic heterocycles. The Morgan fingerprint density at radius 2 is 2.15 bits per heavy atom. The second-order valence-electron chi connectivity index (χ2n) is 6.07. The molecule has 1 aromatic heterocycles. The highest BCUT2D eigenvalue weighted by Crippen LogP contribution is 2.22. The molecule has 1 amide bonds. The average Bonchev–Trinajstić information content (AvgIpc) is 3.15. The number of ether oxygens (including phenoxy) is 2. The first-order chi connectivity index (χ1) is 12.3. The molecule has 1 N–H and O–H groups in total. The number of hydrogen-bond donors (Lipinski definition) is 1. The normalized spacial score (nSPS) is 16.6. The molecule has 142 valence electrons. The Morgan fingerprint density at radius 1 is 1.31 bits per heavy atom. The summed E-state index contributed by atoms with van der Waals surface area (Å²) in [7, 11) is 1.66. The fourth-order valence-electron chi connectivity index (χ4n) is 2.95. The van der Waals surface area contributed by atoms with Gasteiger partial charge in [0.1, 0.15) is 5.75 Å². The lowest BCUT2D eigenvalue weighted by atomic mass is 10.1. The summed E-state index contributed by atoms with van der Waals surface area (Å²) in [6.45, 7) is 3.25. The molecule has 0 spiro atoms. The molecule has 1 unspecified atom stereocenters. The largest absolute Gasteiger partial charge is 0.496 e. The topological polar surface area (TPSA) is 50.8 Å². The van der Waals surface area contributed by atoms with Gasteiger partial charge in [-0.1, -0.05) is 24.3 Å². The third-order valence-corrected chi connectivity index (χ3v) is 5.11. The summed E-state index contributed by atoms with van der Waals surface area (Å²) >= 11 is 1.67. The number of nitrogens with one attached hydrogen (secondary N) is 1. The summed E-state index contributed by atoms with van der Waals surface area (Å²) in [5, 5.41) is 5.39. The molecule has 1 atom stereocenters. The van der Waals surface area contributed by atoms with Gasteiger partial charge in [0.05, 0.1) is 26.9 Å². The number of thiophene rings is 1. The van der Waals surface area contributed by atoms with E-state index >= 15 is 0 Å². The molecule has 1 aromatic carbocycles. The molecule has 1 fully saturated rings. The molecular formula is C19H25ClN2O3S. The average molecular weight is 397 g/mol. The molecule has 2 aromatic rings. The Kier molecular flexibility index (Phi) is 8.38. The van der Waals surface area contributed by atoms with Crippen molar-refractivity contribution in [1.82, 2.24) is 10.2 Å². The van der Waals surface area contributed by atoms with Crippen LogP contribution in [-0.2, 0) is 22.6 Å². The molecule has 1 aliphatic rings. The number of halogens is 1. The van der Waals surface area contributed by atoms with Gasteiger partial charge in [-0.2, -0.15) is 0 Å². The van der Waals surface area contributed by atoms with Gasteiger partial charge in [0.25, 0.3) is 0 Å². The lowest BCUT2D eigenvalue weighted by Gasteiger charge is -2.28. The first-order valence-corrected chi connectivity index (χ1v) is 9.37. The number of hydrogen-bond acceptors (Lipinski definition) is 5. The fourth-order valence-corrected chi connectivity index (χ4v) is 3.67. The van der Waals surface area contributed by atoms with Gasteiger partial charge in [0.2, 0.25) is 5.91 Å². The highest BCUT2D eigenvalue weighted by atomic mass is 35.5. The van der Waals surface area contributed by atoms with E-state index in [1.807, 2.05) is 40.6 Å². The molecule has 26 heavy (non-hydrogen) atoms. The van der Waals surface area contributed by atoms with E-state index in [1.54, 1.807) is 18.4 Å². The first kappa shape index (κ1) is 20.7. The van der Waals surface area contributed by atoms with Crippen molar-refractivity contribution >= 4 is 29.7 Å². The van der Waals surface area contributed by atoms with Gasteiger partial charge in [-0.25, -0.2) is 0 Å². The lowest BCUT2D eigenvalue weighted by Crippen LogP contribution is -2.44. The van der Waals surface area contributed by atoms with Crippen molar-refractivity contribution in [2.75, 3.05) is 26.9 Å². The summed E-state index contributed by atoms with van der Waals surface area (Å²) in [4.78, 5) is 16.0. The van der Waals surface area contributed by atoms with E-state index < -0.39 is 0 Å². The molecule has 2 heterocycles. The fraction of sp³-hybridized carbons (Fsp3) is 0.421. The van der Waals surface area contributed by atoms with Gasteiger partial charge in [-0.15, -0.1) is 23.7 Å². The number of methoxy groups -OCH3 is 1. The monoisotopic (exact) mass is 396 g/mol. The van der Waals surface area contributed by atoms with E-state index in [9.17, 15) is 4.79 Å². The number of rotatable bonds is 7. The third-order valence-electron chi connectivity index (χ3n) is 4.25. The summed E-state index contributed by atoms with van der Waals surface area (Å²) < 4.78 is 10.9. The standard InChI is InChI=1S/C19H24N2O3S.ClH/c1-23-18-7-3-2-5-15(18)12-21(13-17-6-4-10-25-17)19(22)11-16-14-24-9-8-20-16;/h2-7,10,16,20H,8-9,11-14H2,1H3;1H. The van der Waals surface area contributed by atoms with Crippen LogP contribution < -0.4 is 10.1 Å². The predicted molar refractivity (Wildman–Crippen MR) is 106 cm³/mol. The summed E-state index contributed by atoms with van der Waals surface area (Å²) in [6.07, 6.45) is 0.445. The molecule has 0 bridgehead atoms. The molecule has 0 radical (unpaired) electrons. The summed E-state index contributed by atoms with van der Waals surface area (Å²) in [5.74, 6) is 0.938. The number of nitrogens with zero attached hydrogens (tertiary/aromatic N) is 1. The zero-order valence-corrected chi connectivity index (χ0v) is 16.5. The number of morpholine rings is 1. The van der Waals surface area contributed by atoms with Crippen LogP contribution in [0.2, 0.25) is 0 Å². The van der Waals surface area contributed by atoms with Crippen molar-refractivity contribution in [3.8, 4) is 5.75 Å². The van der Waals surface area contributed by atoms with Crippen LogP contribution in [0.1, 0.15) is 16.9 Å². The third kappa shape index (κ3) is 5.71. The Balaban J connectivity index is 0.00000243. The predicted octanol–water partition coefficient (Wildman–Crippen LogP) is 3.09. The van der Waals surface area contributed by atoms with Gasteiger partial charge >= 0.3 is 0 Å². The van der Waals surface area contributed by atoms with Gasteiger partial charge in [0, 0.05) is 36.0 Å².